The number of rotatable bonds is 3. The summed E-state index contributed by atoms with van der Waals surface area (Å²) in [5, 5.41) is 0. The van der Waals surface area contributed by atoms with E-state index < -0.39 is 0 Å². The topological polar surface area (TPSA) is 3.24 Å². The molecule has 0 aromatic carbocycles. The summed E-state index contributed by atoms with van der Waals surface area (Å²) in [4.78, 5) is 2.23. The van der Waals surface area contributed by atoms with Gasteiger partial charge in [-0.2, -0.15) is 0 Å². The minimum absolute atomic E-state index is 1.13. The fourth-order valence-corrected chi connectivity index (χ4v) is 1.00. The molecule has 1 heteroatoms. The van der Waals surface area contributed by atoms with Crippen LogP contribution in [-0.2, 0) is 0 Å². The molecule has 0 radical (unpaired) electrons. The van der Waals surface area contributed by atoms with Crippen molar-refractivity contribution in [3.63, 3.8) is 0 Å². The third-order valence-electron chi connectivity index (χ3n) is 2.60. The zero-order valence-electron chi connectivity index (χ0n) is 9.23. The first-order valence-electron chi connectivity index (χ1n) is 4.57. The number of hydrogen-bond donors (Lipinski definition) is 0. The van der Waals surface area contributed by atoms with Crippen molar-refractivity contribution in [1.82, 2.24) is 4.90 Å². The molecule has 0 spiro atoms. The summed E-state index contributed by atoms with van der Waals surface area (Å²) in [6.07, 6.45) is 3.26. The van der Waals surface area contributed by atoms with Crippen LogP contribution in [0.5, 0.6) is 0 Å². The van der Waals surface area contributed by atoms with Gasteiger partial charge in [0, 0.05) is 18.4 Å². The fourth-order valence-electron chi connectivity index (χ4n) is 1.00. The fraction of sp³-hybridized carbons (Fsp3) is 0.636. The van der Waals surface area contributed by atoms with E-state index >= 15 is 0 Å². The minimum atomic E-state index is 1.13. The molecule has 0 aliphatic carbocycles. The van der Waals surface area contributed by atoms with Crippen LogP contribution in [0.3, 0.4) is 0 Å². The summed E-state index contributed by atoms with van der Waals surface area (Å²) < 4.78 is 0. The molecule has 0 atom stereocenters. The molecule has 0 aromatic rings. The Labute approximate surface area is 76.8 Å². The average Bonchev–Trinajstić information content (AvgIpc) is 2.12. The van der Waals surface area contributed by atoms with Gasteiger partial charge in [0.1, 0.15) is 0 Å². The first kappa shape index (κ1) is 11.3. The van der Waals surface area contributed by atoms with E-state index in [-0.39, 0.29) is 0 Å². The van der Waals surface area contributed by atoms with Gasteiger partial charge < -0.3 is 4.90 Å². The zero-order chi connectivity index (χ0) is 9.72. The Balaban J connectivity index is 4.59. The lowest BCUT2D eigenvalue weighted by molar-refractivity contribution is 0.511. The van der Waals surface area contributed by atoms with Gasteiger partial charge in [0.25, 0.3) is 0 Å². The molecule has 0 saturated carbocycles. The van der Waals surface area contributed by atoms with Crippen LogP contribution < -0.4 is 0 Å². The molecule has 1 nitrogen and oxygen atoms in total. The predicted octanol–water partition coefficient (Wildman–Crippen LogP) is 3.55. The summed E-state index contributed by atoms with van der Waals surface area (Å²) in [6.45, 7) is 10.8. The molecule has 0 saturated heterocycles. The monoisotopic (exact) mass is 167 g/mol. The van der Waals surface area contributed by atoms with E-state index in [2.05, 4.69) is 52.6 Å². The Morgan fingerprint density at radius 3 is 2.08 bits per heavy atom. The van der Waals surface area contributed by atoms with Gasteiger partial charge in [-0.15, -0.1) is 0 Å². The molecule has 0 unspecified atom stereocenters. The van der Waals surface area contributed by atoms with Crippen LogP contribution in [0.4, 0.5) is 0 Å². The third kappa shape index (κ3) is 2.72. The summed E-state index contributed by atoms with van der Waals surface area (Å²) in [7, 11) is 2.11. The first-order chi connectivity index (χ1) is 5.54. The van der Waals surface area contributed by atoms with E-state index in [0.717, 1.165) is 6.42 Å². The van der Waals surface area contributed by atoms with Gasteiger partial charge >= 0.3 is 0 Å². The van der Waals surface area contributed by atoms with Crippen molar-refractivity contribution in [2.45, 2.75) is 41.0 Å². The summed E-state index contributed by atoms with van der Waals surface area (Å²) >= 11 is 0. The summed E-state index contributed by atoms with van der Waals surface area (Å²) in [5.41, 5.74) is 4.13. The van der Waals surface area contributed by atoms with Gasteiger partial charge in [0.2, 0.25) is 0 Å². The van der Waals surface area contributed by atoms with Crippen LogP contribution in [0.15, 0.2) is 23.0 Å². The smallest absolute Gasteiger partial charge is 0.0131 e. The van der Waals surface area contributed by atoms with Crippen LogP contribution in [-0.4, -0.2) is 11.9 Å². The highest BCUT2D eigenvalue weighted by atomic mass is 15.1. The lowest BCUT2D eigenvalue weighted by atomic mass is 10.2. The molecule has 0 aromatic heterocycles. The molecule has 0 aliphatic rings. The lowest BCUT2D eigenvalue weighted by Gasteiger charge is -2.22. The Bertz CT molecular complexity index is 199. The molecular weight excluding hydrogens is 146 g/mol. The second-order valence-corrected chi connectivity index (χ2v) is 3.21. The number of allylic oxidation sites excluding steroid dienone is 4. The Hall–Kier alpha value is -0.720. The van der Waals surface area contributed by atoms with Gasteiger partial charge in [0.15, 0.2) is 0 Å². The van der Waals surface area contributed by atoms with Gasteiger partial charge in [-0.3, -0.25) is 0 Å². The average molecular weight is 167 g/mol. The van der Waals surface area contributed by atoms with Crippen molar-refractivity contribution in [3.05, 3.63) is 23.0 Å². The van der Waals surface area contributed by atoms with E-state index in [9.17, 15) is 0 Å². The second kappa shape index (κ2) is 5.02. The highest BCUT2D eigenvalue weighted by Gasteiger charge is 2.02. The highest BCUT2D eigenvalue weighted by Crippen LogP contribution is 2.14. The van der Waals surface area contributed by atoms with Crippen LogP contribution in [0.25, 0.3) is 0 Å². The van der Waals surface area contributed by atoms with Crippen LogP contribution in [0.2, 0.25) is 0 Å². The maximum atomic E-state index is 2.23. The molecule has 0 bridgehead atoms. The number of nitrogens with zero attached hydrogens (tertiary/aromatic N) is 1. The highest BCUT2D eigenvalue weighted by molar-refractivity contribution is 5.13. The van der Waals surface area contributed by atoms with Crippen molar-refractivity contribution in [3.8, 4) is 0 Å². The van der Waals surface area contributed by atoms with Gasteiger partial charge in [-0.05, 0) is 34.1 Å². The van der Waals surface area contributed by atoms with Gasteiger partial charge in [0.05, 0.1) is 0 Å². The third-order valence-corrected chi connectivity index (χ3v) is 2.60. The van der Waals surface area contributed by atoms with Crippen LogP contribution in [0.1, 0.15) is 41.0 Å². The van der Waals surface area contributed by atoms with E-state index in [1.807, 2.05) is 0 Å². The number of hydrogen-bond acceptors (Lipinski definition) is 1. The lowest BCUT2D eigenvalue weighted by Crippen LogP contribution is -2.14. The maximum absolute atomic E-state index is 2.23. The van der Waals surface area contributed by atoms with Crippen molar-refractivity contribution in [2.75, 3.05) is 7.05 Å². The molecule has 0 aliphatic heterocycles. The van der Waals surface area contributed by atoms with Crippen molar-refractivity contribution in [2.24, 2.45) is 0 Å². The normalized spacial score (nSPS) is 14.3. The second-order valence-electron chi connectivity index (χ2n) is 3.21. The zero-order valence-corrected chi connectivity index (χ0v) is 9.23. The van der Waals surface area contributed by atoms with E-state index in [4.69, 9.17) is 0 Å². The van der Waals surface area contributed by atoms with E-state index in [1.165, 1.54) is 17.0 Å². The largest absolute Gasteiger partial charge is 0.353 e. The Morgan fingerprint density at radius 1 is 1.25 bits per heavy atom. The first-order valence-corrected chi connectivity index (χ1v) is 4.57. The van der Waals surface area contributed by atoms with Gasteiger partial charge in [-0.25, -0.2) is 0 Å². The molecule has 0 heterocycles. The Kier molecular flexibility index (Phi) is 4.72. The van der Waals surface area contributed by atoms with Gasteiger partial charge in [-0.1, -0.05) is 18.6 Å². The Morgan fingerprint density at radius 2 is 1.75 bits per heavy atom. The molecule has 70 valence electrons. The predicted molar refractivity (Wildman–Crippen MR) is 55.9 cm³/mol. The quantitative estimate of drug-likeness (QED) is 0.621. The molecule has 0 rings (SSSR count). The van der Waals surface area contributed by atoms with Crippen molar-refractivity contribution in [1.29, 1.82) is 0 Å². The van der Waals surface area contributed by atoms with Crippen LogP contribution in [0, 0.1) is 0 Å². The molecule has 0 amide bonds. The molecular formula is C11H21N. The van der Waals surface area contributed by atoms with Crippen molar-refractivity contribution >= 4 is 0 Å². The summed E-state index contributed by atoms with van der Waals surface area (Å²) in [6, 6.07) is 0. The van der Waals surface area contributed by atoms with Crippen molar-refractivity contribution < 1.29 is 0 Å². The van der Waals surface area contributed by atoms with E-state index in [0.29, 0.717) is 0 Å². The molecule has 0 N–H and O–H groups in total. The maximum Gasteiger partial charge on any atom is 0.0131 e. The van der Waals surface area contributed by atoms with Crippen LogP contribution >= 0.6 is 0 Å². The summed E-state index contributed by atoms with van der Waals surface area (Å²) in [5.74, 6) is 0. The van der Waals surface area contributed by atoms with E-state index in [1.54, 1.807) is 0 Å². The minimum Gasteiger partial charge on any atom is -0.353 e. The molecule has 12 heavy (non-hydrogen) atoms. The SMILES string of the molecule is C/C=C(/C)N(C)/C(C)=C(/C)CC. The standard InChI is InChI=1S/C11H21N/c1-7-9(3)11(5)12(6)10(4)8-2/h8H,7H2,1-6H3/b10-8-,11-9-. The molecule has 0 fully saturated rings.